The van der Waals surface area contributed by atoms with Crippen molar-refractivity contribution < 1.29 is 4.79 Å². The Bertz CT molecular complexity index is 142. The first-order chi connectivity index (χ1) is 4.25. The highest BCUT2D eigenvalue weighted by molar-refractivity contribution is 5.94. The lowest BCUT2D eigenvalue weighted by atomic mass is 10.00. The highest BCUT2D eigenvalue weighted by atomic mass is 16.1. The number of likely N-dealkylation sites (N-methyl/N-ethyl adjacent to an activating group) is 1. The summed E-state index contributed by atoms with van der Waals surface area (Å²) < 4.78 is 0. The Labute approximate surface area is 55.2 Å². The third kappa shape index (κ3) is 1.03. The highest BCUT2D eigenvalue weighted by Gasteiger charge is 2.28. The summed E-state index contributed by atoms with van der Waals surface area (Å²) in [6, 6.07) is 0.141. The van der Waals surface area contributed by atoms with E-state index in [0.717, 1.165) is 13.0 Å². The Hall–Kier alpha value is -0.630. The minimum absolute atomic E-state index is 0.141. The SMILES string of the molecule is C=CC(=O)C1CCN1C. The monoisotopic (exact) mass is 125 g/mol. The number of rotatable bonds is 2. The molecule has 9 heavy (non-hydrogen) atoms. The molecule has 50 valence electrons. The number of carbonyl (C=O) groups excluding carboxylic acids is 1. The van der Waals surface area contributed by atoms with E-state index in [-0.39, 0.29) is 11.8 Å². The van der Waals surface area contributed by atoms with Crippen LogP contribution in [0.1, 0.15) is 6.42 Å². The average molecular weight is 125 g/mol. The molecule has 0 aromatic rings. The Morgan fingerprint density at radius 3 is 2.67 bits per heavy atom. The van der Waals surface area contributed by atoms with E-state index in [1.54, 1.807) is 0 Å². The first kappa shape index (κ1) is 6.49. The molecule has 1 atom stereocenters. The maximum absolute atomic E-state index is 10.8. The quantitative estimate of drug-likeness (QED) is 0.499. The van der Waals surface area contributed by atoms with E-state index in [1.807, 2.05) is 11.9 Å². The number of carbonyl (C=O) groups is 1. The molecule has 0 aromatic carbocycles. The standard InChI is InChI=1S/C7H11NO/c1-3-7(9)6-4-5-8(6)2/h3,6H,1,4-5H2,2H3. The Balaban J connectivity index is 2.43. The van der Waals surface area contributed by atoms with Crippen molar-refractivity contribution in [3.8, 4) is 0 Å². The van der Waals surface area contributed by atoms with Gasteiger partial charge >= 0.3 is 0 Å². The fourth-order valence-corrected chi connectivity index (χ4v) is 1.01. The van der Waals surface area contributed by atoms with E-state index in [9.17, 15) is 4.79 Å². The molecule has 0 saturated carbocycles. The minimum atomic E-state index is 0.141. The fourth-order valence-electron chi connectivity index (χ4n) is 1.01. The van der Waals surface area contributed by atoms with Crippen LogP contribution in [0.2, 0.25) is 0 Å². The number of hydrogen-bond acceptors (Lipinski definition) is 2. The van der Waals surface area contributed by atoms with Crippen LogP contribution >= 0.6 is 0 Å². The number of ketones is 1. The van der Waals surface area contributed by atoms with Gasteiger partial charge in [0.05, 0.1) is 6.04 Å². The van der Waals surface area contributed by atoms with Crippen LogP contribution in [0, 0.1) is 0 Å². The van der Waals surface area contributed by atoms with Crippen molar-refractivity contribution in [3.63, 3.8) is 0 Å². The van der Waals surface area contributed by atoms with Crippen molar-refractivity contribution in [2.24, 2.45) is 0 Å². The highest BCUT2D eigenvalue weighted by Crippen LogP contribution is 2.14. The first-order valence-electron chi connectivity index (χ1n) is 3.12. The van der Waals surface area contributed by atoms with Crippen LogP contribution in [0.25, 0.3) is 0 Å². The van der Waals surface area contributed by atoms with Crippen LogP contribution in [0.15, 0.2) is 12.7 Å². The molecule has 1 unspecified atom stereocenters. The lowest BCUT2D eigenvalue weighted by molar-refractivity contribution is -0.122. The third-order valence-electron chi connectivity index (χ3n) is 1.82. The minimum Gasteiger partial charge on any atom is -0.296 e. The summed E-state index contributed by atoms with van der Waals surface area (Å²) in [6.07, 6.45) is 2.40. The van der Waals surface area contributed by atoms with Gasteiger partial charge in [-0.05, 0) is 19.5 Å². The van der Waals surface area contributed by atoms with Crippen LogP contribution in [-0.2, 0) is 4.79 Å². The van der Waals surface area contributed by atoms with Gasteiger partial charge in [0.15, 0.2) is 5.78 Å². The summed E-state index contributed by atoms with van der Waals surface area (Å²) in [6.45, 7) is 4.47. The zero-order valence-electron chi connectivity index (χ0n) is 5.63. The summed E-state index contributed by atoms with van der Waals surface area (Å²) in [4.78, 5) is 12.9. The van der Waals surface area contributed by atoms with Gasteiger partial charge in [-0.3, -0.25) is 9.69 Å². The van der Waals surface area contributed by atoms with Crippen LogP contribution < -0.4 is 0 Å². The molecule has 1 saturated heterocycles. The second kappa shape index (κ2) is 2.31. The zero-order valence-corrected chi connectivity index (χ0v) is 5.63. The molecule has 1 aliphatic heterocycles. The van der Waals surface area contributed by atoms with Gasteiger partial charge in [0.25, 0.3) is 0 Å². The van der Waals surface area contributed by atoms with Crippen molar-refractivity contribution in [3.05, 3.63) is 12.7 Å². The second-order valence-corrected chi connectivity index (χ2v) is 2.39. The average Bonchev–Trinajstić information content (AvgIpc) is 1.84. The van der Waals surface area contributed by atoms with Crippen LogP contribution in [0.5, 0.6) is 0 Å². The second-order valence-electron chi connectivity index (χ2n) is 2.39. The topological polar surface area (TPSA) is 20.3 Å². The molecule has 0 amide bonds. The van der Waals surface area contributed by atoms with E-state index in [1.165, 1.54) is 6.08 Å². The molecule has 1 aliphatic rings. The number of likely N-dealkylation sites (tertiary alicyclic amines) is 1. The van der Waals surface area contributed by atoms with Gasteiger partial charge in [0.2, 0.25) is 0 Å². The van der Waals surface area contributed by atoms with Gasteiger partial charge in [0.1, 0.15) is 0 Å². The number of hydrogen-bond donors (Lipinski definition) is 0. The lowest BCUT2D eigenvalue weighted by Crippen LogP contribution is -2.49. The predicted octanol–water partition coefficient (Wildman–Crippen LogP) is 0.446. The van der Waals surface area contributed by atoms with Crippen molar-refractivity contribution in [2.45, 2.75) is 12.5 Å². The van der Waals surface area contributed by atoms with Crippen molar-refractivity contribution in [1.29, 1.82) is 0 Å². The van der Waals surface area contributed by atoms with Crippen molar-refractivity contribution in [2.75, 3.05) is 13.6 Å². The molecule has 1 heterocycles. The maximum atomic E-state index is 10.8. The third-order valence-corrected chi connectivity index (χ3v) is 1.82. The van der Waals surface area contributed by atoms with Crippen molar-refractivity contribution >= 4 is 5.78 Å². The van der Waals surface area contributed by atoms with Gasteiger partial charge in [-0.25, -0.2) is 0 Å². The van der Waals surface area contributed by atoms with Gasteiger partial charge < -0.3 is 0 Å². The van der Waals surface area contributed by atoms with Gasteiger partial charge in [0, 0.05) is 6.54 Å². The molecule has 0 spiro atoms. The lowest BCUT2D eigenvalue weighted by Gasteiger charge is -2.35. The summed E-state index contributed by atoms with van der Waals surface area (Å²) in [5.41, 5.74) is 0. The Kier molecular flexibility index (Phi) is 1.67. The van der Waals surface area contributed by atoms with Crippen molar-refractivity contribution in [1.82, 2.24) is 4.90 Å². The van der Waals surface area contributed by atoms with E-state index in [2.05, 4.69) is 6.58 Å². The molecular weight excluding hydrogens is 114 g/mol. The van der Waals surface area contributed by atoms with E-state index >= 15 is 0 Å². The molecule has 0 aliphatic carbocycles. The van der Waals surface area contributed by atoms with E-state index in [0.29, 0.717) is 0 Å². The number of nitrogens with zero attached hydrogens (tertiary/aromatic N) is 1. The summed E-state index contributed by atoms with van der Waals surface area (Å²) in [7, 11) is 1.95. The summed E-state index contributed by atoms with van der Waals surface area (Å²) >= 11 is 0. The molecule has 0 radical (unpaired) electrons. The predicted molar refractivity (Wildman–Crippen MR) is 36.2 cm³/mol. The molecule has 1 fully saturated rings. The molecule has 0 bridgehead atoms. The zero-order chi connectivity index (χ0) is 6.85. The molecule has 0 aromatic heterocycles. The van der Waals surface area contributed by atoms with Gasteiger partial charge in [-0.1, -0.05) is 6.58 Å². The molecule has 2 nitrogen and oxygen atoms in total. The summed E-state index contributed by atoms with van der Waals surface area (Å²) in [5, 5.41) is 0. The largest absolute Gasteiger partial charge is 0.296 e. The Morgan fingerprint density at radius 1 is 1.89 bits per heavy atom. The van der Waals surface area contributed by atoms with Crippen LogP contribution in [0.3, 0.4) is 0 Å². The smallest absolute Gasteiger partial charge is 0.172 e. The van der Waals surface area contributed by atoms with Crippen LogP contribution in [0.4, 0.5) is 0 Å². The van der Waals surface area contributed by atoms with Gasteiger partial charge in [-0.15, -0.1) is 0 Å². The summed E-state index contributed by atoms with van der Waals surface area (Å²) in [5.74, 6) is 0.156. The van der Waals surface area contributed by atoms with E-state index in [4.69, 9.17) is 0 Å². The Morgan fingerprint density at radius 2 is 2.56 bits per heavy atom. The normalized spacial score (nSPS) is 27.0. The molecular formula is C7H11NO. The van der Waals surface area contributed by atoms with E-state index < -0.39 is 0 Å². The van der Waals surface area contributed by atoms with Gasteiger partial charge in [-0.2, -0.15) is 0 Å². The fraction of sp³-hybridized carbons (Fsp3) is 0.571. The first-order valence-corrected chi connectivity index (χ1v) is 3.12. The maximum Gasteiger partial charge on any atom is 0.172 e. The van der Waals surface area contributed by atoms with Crippen LogP contribution in [-0.4, -0.2) is 30.3 Å². The molecule has 0 N–H and O–H groups in total. The molecule has 2 heteroatoms. The molecule has 1 rings (SSSR count).